The summed E-state index contributed by atoms with van der Waals surface area (Å²) < 4.78 is 0. The fourth-order valence-corrected chi connectivity index (χ4v) is 2.27. The van der Waals surface area contributed by atoms with Gasteiger partial charge in [0.05, 0.1) is 19.0 Å². The Morgan fingerprint density at radius 2 is 2.17 bits per heavy atom. The Kier molecular flexibility index (Phi) is 5.06. The van der Waals surface area contributed by atoms with E-state index in [0.29, 0.717) is 13.0 Å². The fourth-order valence-electron chi connectivity index (χ4n) is 2.27. The van der Waals surface area contributed by atoms with Crippen LogP contribution in [0.3, 0.4) is 0 Å². The Morgan fingerprint density at radius 1 is 1.50 bits per heavy atom. The summed E-state index contributed by atoms with van der Waals surface area (Å²) in [5, 5.41) is 8.92. The first-order valence-corrected chi connectivity index (χ1v) is 6.39. The summed E-state index contributed by atoms with van der Waals surface area (Å²) in [6.07, 6.45) is 1.83. The van der Waals surface area contributed by atoms with Crippen LogP contribution in [0.5, 0.6) is 0 Å². The molecule has 0 saturated carbocycles. The molecule has 0 aromatic rings. The van der Waals surface area contributed by atoms with E-state index >= 15 is 0 Å². The highest BCUT2D eigenvalue weighted by atomic mass is 16.1. The monoisotopic (exact) mass is 249 g/mol. The molecule has 100 valence electrons. The van der Waals surface area contributed by atoms with Gasteiger partial charge in [-0.2, -0.15) is 5.26 Å². The Bertz CT molecular complexity index is 351. The quantitative estimate of drug-likeness (QED) is 0.707. The third kappa shape index (κ3) is 3.94. The van der Waals surface area contributed by atoms with E-state index < -0.39 is 0 Å². The zero-order valence-corrected chi connectivity index (χ0v) is 11.6. The maximum Gasteiger partial charge on any atom is 0.169 e. The molecule has 1 atom stereocenters. The molecule has 0 N–H and O–H groups in total. The van der Waals surface area contributed by atoms with Gasteiger partial charge in [-0.1, -0.05) is 6.58 Å². The van der Waals surface area contributed by atoms with Crippen molar-refractivity contribution in [2.45, 2.75) is 38.8 Å². The van der Waals surface area contributed by atoms with Crippen molar-refractivity contribution in [3.63, 3.8) is 0 Å². The number of carbonyl (C=O) groups excluding carboxylic acids is 1. The number of carbonyl (C=O) groups is 1. The lowest BCUT2D eigenvalue weighted by Gasteiger charge is -2.46. The third-order valence-corrected chi connectivity index (χ3v) is 3.47. The van der Waals surface area contributed by atoms with E-state index in [-0.39, 0.29) is 17.4 Å². The lowest BCUT2D eigenvalue weighted by Crippen LogP contribution is -2.58. The van der Waals surface area contributed by atoms with Gasteiger partial charge in [-0.15, -0.1) is 0 Å². The summed E-state index contributed by atoms with van der Waals surface area (Å²) in [6, 6.07) is 2.37. The normalized spacial score (nSPS) is 22.4. The molecular weight excluding hydrogens is 226 g/mol. The second-order valence-corrected chi connectivity index (χ2v) is 5.77. The standard InChI is InChI=1S/C14H23N3O/c1-5-13(18)11-16-8-9-17(14(2,3)4)10-12(16)6-7-15/h5,12H,1,6,8-11H2,2-4H3/t12-/m0/s1. The molecule has 1 aliphatic rings. The van der Waals surface area contributed by atoms with Crippen molar-refractivity contribution < 1.29 is 4.79 Å². The average molecular weight is 249 g/mol. The molecule has 1 aliphatic heterocycles. The predicted octanol–water partition coefficient (Wildman–Crippen LogP) is 1.44. The molecule has 1 fully saturated rings. The van der Waals surface area contributed by atoms with E-state index in [4.69, 9.17) is 5.26 Å². The van der Waals surface area contributed by atoms with Crippen molar-refractivity contribution in [2.24, 2.45) is 0 Å². The van der Waals surface area contributed by atoms with Crippen LogP contribution in [0, 0.1) is 11.3 Å². The van der Waals surface area contributed by atoms with E-state index in [0.717, 1.165) is 19.6 Å². The molecule has 0 amide bonds. The van der Waals surface area contributed by atoms with Gasteiger partial charge in [-0.05, 0) is 26.8 Å². The number of nitrogens with zero attached hydrogens (tertiary/aromatic N) is 3. The molecule has 0 bridgehead atoms. The summed E-state index contributed by atoms with van der Waals surface area (Å²) in [4.78, 5) is 15.9. The summed E-state index contributed by atoms with van der Waals surface area (Å²) in [5.74, 6) is 0.0298. The van der Waals surface area contributed by atoms with E-state index in [9.17, 15) is 4.79 Å². The maximum atomic E-state index is 11.5. The number of piperazine rings is 1. The van der Waals surface area contributed by atoms with Crippen molar-refractivity contribution in [1.29, 1.82) is 5.26 Å². The van der Waals surface area contributed by atoms with Crippen LogP contribution >= 0.6 is 0 Å². The largest absolute Gasteiger partial charge is 0.296 e. The minimum absolute atomic E-state index is 0.0298. The van der Waals surface area contributed by atoms with Gasteiger partial charge in [0, 0.05) is 31.2 Å². The first-order chi connectivity index (χ1) is 8.38. The predicted molar refractivity (Wildman–Crippen MR) is 72.1 cm³/mol. The molecule has 1 heterocycles. The summed E-state index contributed by atoms with van der Waals surface area (Å²) >= 11 is 0. The van der Waals surface area contributed by atoms with Crippen LogP contribution in [0.15, 0.2) is 12.7 Å². The van der Waals surface area contributed by atoms with Crippen LogP contribution in [0.1, 0.15) is 27.2 Å². The molecule has 0 unspecified atom stereocenters. The fraction of sp³-hybridized carbons (Fsp3) is 0.714. The van der Waals surface area contributed by atoms with Gasteiger partial charge < -0.3 is 0 Å². The van der Waals surface area contributed by atoms with Gasteiger partial charge in [0.25, 0.3) is 0 Å². The lowest BCUT2D eigenvalue weighted by molar-refractivity contribution is -0.117. The number of rotatable bonds is 4. The first-order valence-electron chi connectivity index (χ1n) is 6.39. The molecule has 0 aromatic heterocycles. The number of ketones is 1. The molecular formula is C14H23N3O. The van der Waals surface area contributed by atoms with Crippen molar-refractivity contribution in [2.75, 3.05) is 26.2 Å². The van der Waals surface area contributed by atoms with Crippen LogP contribution in [0.2, 0.25) is 0 Å². The van der Waals surface area contributed by atoms with Crippen molar-refractivity contribution in [3.05, 3.63) is 12.7 Å². The Hall–Kier alpha value is -1.18. The Morgan fingerprint density at radius 3 is 2.67 bits per heavy atom. The third-order valence-electron chi connectivity index (χ3n) is 3.47. The van der Waals surface area contributed by atoms with Gasteiger partial charge >= 0.3 is 0 Å². The minimum Gasteiger partial charge on any atom is -0.296 e. The maximum absolute atomic E-state index is 11.5. The van der Waals surface area contributed by atoms with E-state index in [1.165, 1.54) is 6.08 Å². The molecule has 1 saturated heterocycles. The lowest BCUT2D eigenvalue weighted by atomic mass is 10.0. The topological polar surface area (TPSA) is 47.3 Å². The molecule has 0 aromatic carbocycles. The number of hydrogen-bond donors (Lipinski definition) is 0. The van der Waals surface area contributed by atoms with Crippen molar-refractivity contribution in [3.8, 4) is 6.07 Å². The van der Waals surface area contributed by atoms with E-state index in [2.05, 4.69) is 43.2 Å². The molecule has 0 aliphatic carbocycles. The summed E-state index contributed by atoms with van der Waals surface area (Å²) in [6.45, 7) is 13.1. The van der Waals surface area contributed by atoms with E-state index in [1.807, 2.05) is 0 Å². The minimum atomic E-state index is 0.0298. The van der Waals surface area contributed by atoms with Crippen LogP contribution < -0.4 is 0 Å². The van der Waals surface area contributed by atoms with Gasteiger partial charge in [0.15, 0.2) is 5.78 Å². The average Bonchev–Trinajstić information content (AvgIpc) is 2.30. The Labute approximate surface area is 110 Å². The highest BCUT2D eigenvalue weighted by Gasteiger charge is 2.32. The molecule has 0 spiro atoms. The zero-order chi connectivity index (χ0) is 13.8. The van der Waals surface area contributed by atoms with Crippen LogP contribution in [-0.4, -0.2) is 53.3 Å². The summed E-state index contributed by atoms with van der Waals surface area (Å²) in [7, 11) is 0. The van der Waals surface area contributed by atoms with Gasteiger partial charge in [0.1, 0.15) is 0 Å². The highest BCUT2D eigenvalue weighted by molar-refractivity contribution is 5.90. The van der Waals surface area contributed by atoms with Crippen LogP contribution in [0.4, 0.5) is 0 Å². The van der Waals surface area contributed by atoms with Crippen molar-refractivity contribution >= 4 is 5.78 Å². The second kappa shape index (κ2) is 6.12. The molecule has 4 heteroatoms. The smallest absolute Gasteiger partial charge is 0.169 e. The highest BCUT2D eigenvalue weighted by Crippen LogP contribution is 2.20. The molecule has 0 radical (unpaired) electrons. The number of hydrogen-bond acceptors (Lipinski definition) is 4. The van der Waals surface area contributed by atoms with Gasteiger partial charge in [-0.3, -0.25) is 14.6 Å². The van der Waals surface area contributed by atoms with Crippen molar-refractivity contribution in [1.82, 2.24) is 9.80 Å². The molecule has 1 rings (SSSR count). The van der Waals surface area contributed by atoms with Gasteiger partial charge in [-0.25, -0.2) is 0 Å². The van der Waals surface area contributed by atoms with E-state index in [1.54, 1.807) is 0 Å². The van der Waals surface area contributed by atoms with Crippen LogP contribution in [0.25, 0.3) is 0 Å². The molecule has 18 heavy (non-hydrogen) atoms. The summed E-state index contributed by atoms with van der Waals surface area (Å²) in [5.41, 5.74) is 0.113. The number of nitriles is 1. The second-order valence-electron chi connectivity index (χ2n) is 5.77. The zero-order valence-electron chi connectivity index (χ0n) is 11.6. The van der Waals surface area contributed by atoms with Crippen LogP contribution in [-0.2, 0) is 4.79 Å². The first kappa shape index (κ1) is 14.9. The Balaban J connectivity index is 2.69. The molecule has 4 nitrogen and oxygen atoms in total. The SMILES string of the molecule is C=CC(=O)CN1CCN(C(C)(C)C)C[C@@H]1CC#N. The van der Waals surface area contributed by atoms with Gasteiger partial charge in [0.2, 0.25) is 0 Å².